The van der Waals surface area contributed by atoms with E-state index in [1.807, 2.05) is 44.2 Å². The van der Waals surface area contributed by atoms with Crippen LogP contribution in [0.4, 0.5) is 0 Å². The Hall–Kier alpha value is -1.39. The van der Waals surface area contributed by atoms with Crippen molar-refractivity contribution in [1.29, 1.82) is 0 Å². The Morgan fingerprint density at radius 1 is 1.12 bits per heavy atom. The van der Waals surface area contributed by atoms with Crippen molar-refractivity contribution in [3.8, 4) is 0 Å². The number of esters is 1. The van der Waals surface area contributed by atoms with Gasteiger partial charge in [0.2, 0.25) is 5.79 Å². The van der Waals surface area contributed by atoms with Gasteiger partial charge in [-0.05, 0) is 37.7 Å². The lowest BCUT2D eigenvalue weighted by atomic mass is 9.70. The first-order chi connectivity index (χ1) is 12.2. The van der Waals surface area contributed by atoms with E-state index in [1.54, 1.807) is 0 Å². The van der Waals surface area contributed by atoms with Gasteiger partial charge in [0.1, 0.15) is 0 Å². The molecule has 142 valence electrons. The summed E-state index contributed by atoms with van der Waals surface area (Å²) in [5.41, 5.74) is 0.816. The van der Waals surface area contributed by atoms with Crippen LogP contribution in [0, 0.1) is 16.7 Å². The van der Waals surface area contributed by atoms with E-state index < -0.39 is 5.79 Å². The molecule has 1 saturated heterocycles. The summed E-state index contributed by atoms with van der Waals surface area (Å²) in [6.07, 6.45) is 2.00. The molecule has 0 aromatic heterocycles. The van der Waals surface area contributed by atoms with Gasteiger partial charge < -0.3 is 14.2 Å². The first-order valence-electron chi connectivity index (χ1n) is 9.80. The molecule has 1 aromatic carbocycles. The normalized spacial score (nSPS) is 43.1. The summed E-state index contributed by atoms with van der Waals surface area (Å²) in [5, 5.41) is 0. The molecule has 0 N–H and O–H groups in total. The molecule has 3 fully saturated rings. The molecule has 1 aliphatic heterocycles. The predicted octanol–water partition coefficient (Wildman–Crippen LogP) is 4.12. The van der Waals surface area contributed by atoms with E-state index in [4.69, 9.17) is 14.2 Å². The fourth-order valence-electron chi connectivity index (χ4n) is 5.56. The molecule has 1 unspecified atom stereocenters. The van der Waals surface area contributed by atoms with E-state index in [0.29, 0.717) is 0 Å². The first kappa shape index (κ1) is 18.0. The molecular formula is C22H30O4. The van der Waals surface area contributed by atoms with Gasteiger partial charge in [0, 0.05) is 11.3 Å². The maximum Gasteiger partial charge on any atom is 0.310 e. The van der Waals surface area contributed by atoms with Gasteiger partial charge in [-0.3, -0.25) is 4.79 Å². The molecule has 2 aliphatic carbocycles. The minimum atomic E-state index is -0.804. The van der Waals surface area contributed by atoms with Crippen LogP contribution in [-0.4, -0.2) is 30.1 Å². The average Bonchev–Trinajstić information content (AvgIpc) is 3.04. The molecular weight excluding hydrogens is 328 g/mol. The van der Waals surface area contributed by atoms with Crippen molar-refractivity contribution in [1.82, 2.24) is 0 Å². The molecule has 2 bridgehead atoms. The van der Waals surface area contributed by atoms with E-state index in [-0.39, 0.29) is 47.4 Å². The molecule has 0 amide bonds. The summed E-state index contributed by atoms with van der Waals surface area (Å²) in [6.45, 7) is 10.9. The highest BCUT2D eigenvalue weighted by Gasteiger charge is 2.78. The zero-order chi connectivity index (χ0) is 18.7. The lowest BCUT2D eigenvalue weighted by molar-refractivity contribution is -0.270. The molecule has 1 heterocycles. The maximum atomic E-state index is 12.8. The molecule has 3 aliphatic rings. The van der Waals surface area contributed by atoms with Crippen LogP contribution < -0.4 is 0 Å². The molecule has 0 radical (unpaired) electrons. The lowest BCUT2D eigenvalue weighted by Crippen LogP contribution is -2.53. The SMILES string of the molecule is C[C@@H]1OC2(O[C@@H]1C)[C@H]1CC[C@@](C)([C@@H]2OC(=O)Cc2ccccc2)C1(C)C. The van der Waals surface area contributed by atoms with Crippen molar-refractivity contribution in [2.75, 3.05) is 0 Å². The maximum absolute atomic E-state index is 12.8. The standard InChI is InChI=1S/C22H30O4/c1-14-15(2)26-22(25-14)17-11-12-21(5,20(17,3)4)19(22)24-18(23)13-16-9-7-6-8-10-16/h6-10,14-15,17,19H,11-13H2,1-5H3/t14-,15+,17-,19-,21-,22?/m0/s1. The number of rotatable bonds is 3. The van der Waals surface area contributed by atoms with Gasteiger partial charge >= 0.3 is 5.97 Å². The van der Waals surface area contributed by atoms with Crippen LogP contribution in [0.25, 0.3) is 0 Å². The smallest absolute Gasteiger partial charge is 0.310 e. The van der Waals surface area contributed by atoms with Gasteiger partial charge in [0.25, 0.3) is 0 Å². The number of carbonyl (C=O) groups excluding carboxylic acids is 1. The summed E-state index contributed by atoms with van der Waals surface area (Å²) < 4.78 is 19.0. The molecule has 4 nitrogen and oxygen atoms in total. The number of hydrogen-bond acceptors (Lipinski definition) is 4. The van der Waals surface area contributed by atoms with Crippen molar-refractivity contribution >= 4 is 5.97 Å². The molecule has 1 aromatic rings. The second-order valence-corrected chi connectivity index (χ2v) is 9.13. The largest absolute Gasteiger partial charge is 0.456 e. The molecule has 2 saturated carbocycles. The molecule has 26 heavy (non-hydrogen) atoms. The van der Waals surface area contributed by atoms with E-state index >= 15 is 0 Å². The Bertz CT molecular complexity index is 687. The number of carbonyl (C=O) groups is 1. The Balaban J connectivity index is 1.63. The zero-order valence-corrected chi connectivity index (χ0v) is 16.5. The third-order valence-electron chi connectivity index (χ3n) is 7.57. The van der Waals surface area contributed by atoms with Crippen molar-refractivity contribution in [3.63, 3.8) is 0 Å². The Labute approximate surface area is 156 Å². The summed E-state index contributed by atoms with van der Waals surface area (Å²) in [6, 6.07) is 9.75. The summed E-state index contributed by atoms with van der Waals surface area (Å²) in [5.74, 6) is -0.770. The molecule has 1 spiro atoms. The Morgan fingerprint density at radius 3 is 2.35 bits per heavy atom. The van der Waals surface area contributed by atoms with Crippen LogP contribution in [0.2, 0.25) is 0 Å². The second kappa shape index (κ2) is 5.80. The van der Waals surface area contributed by atoms with Crippen LogP contribution in [0.1, 0.15) is 53.0 Å². The van der Waals surface area contributed by atoms with E-state index in [0.717, 1.165) is 18.4 Å². The topological polar surface area (TPSA) is 44.8 Å². The quantitative estimate of drug-likeness (QED) is 0.763. The van der Waals surface area contributed by atoms with Gasteiger partial charge in [-0.15, -0.1) is 0 Å². The minimum Gasteiger partial charge on any atom is -0.456 e. The van der Waals surface area contributed by atoms with Gasteiger partial charge in [-0.2, -0.15) is 0 Å². The van der Waals surface area contributed by atoms with Crippen LogP contribution in [-0.2, 0) is 25.4 Å². The van der Waals surface area contributed by atoms with Crippen LogP contribution in [0.15, 0.2) is 30.3 Å². The Kier molecular flexibility index (Phi) is 4.02. The fraction of sp³-hybridized carbons (Fsp3) is 0.682. The van der Waals surface area contributed by atoms with Crippen molar-refractivity contribution in [3.05, 3.63) is 35.9 Å². The number of ether oxygens (including phenoxy) is 3. The van der Waals surface area contributed by atoms with Crippen LogP contribution in [0.3, 0.4) is 0 Å². The summed E-state index contributed by atoms with van der Waals surface area (Å²) in [7, 11) is 0. The summed E-state index contributed by atoms with van der Waals surface area (Å²) in [4.78, 5) is 12.8. The van der Waals surface area contributed by atoms with Crippen LogP contribution in [0.5, 0.6) is 0 Å². The van der Waals surface area contributed by atoms with Crippen molar-refractivity contribution < 1.29 is 19.0 Å². The van der Waals surface area contributed by atoms with Crippen LogP contribution >= 0.6 is 0 Å². The highest BCUT2D eigenvalue weighted by atomic mass is 16.8. The second-order valence-electron chi connectivity index (χ2n) is 9.13. The van der Waals surface area contributed by atoms with Gasteiger partial charge in [0.05, 0.1) is 18.6 Å². The Morgan fingerprint density at radius 2 is 1.73 bits per heavy atom. The zero-order valence-electron chi connectivity index (χ0n) is 16.5. The predicted molar refractivity (Wildman–Crippen MR) is 98.5 cm³/mol. The number of benzene rings is 1. The van der Waals surface area contributed by atoms with E-state index in [1.165, 1.54) is 0 Å². The third kappa shape index (κ3) is 2.31. The van der Waals surface area contributed by atoms with Gasteiger partial charge in [-0.25, -0.2) is 0 Å². The van der Waals surface area contributed by atoms with E-state index in [2.05, 4.69) is 20.8 Å². The lowest BCUT2D eigenvalue weighted by Gasteiger charge is -2.42. The highest BCUT2D eigenvalue weighted by molar-refractivity contribution is 5.73. The monoisotopic (exact) mass is 358 g/mol. The number of hydrogen-bond donors (Lipinski definition) is 0. The van der Waals surface area contributed by atoms with Crippen molar-refractivity contribution in [2.24, 2.45) is 16.7 Å². The fourth-order valence-corrected chi connectivity index (χ4v) is 5.56. The first-order valence-corrected chi connectivity index (χ1v) is 9.80. The molecule has 4 rings (SSSR count). The van der Waals surface area contributed by atoms with Crippen molar-refractivity contribution in [2.45, 2.75) is 78.0 Å². The highest BCUT2D eigenvalue weighted by Crippen LogP contribution is 2.72. The van der Waals surface area contributed by atoms with E-state index in [9.17, 15) is 4.79 Å². The molecule has 6 atom stereocenters. The summed E-state index contributed by atoms with van der Waals surface area (Å²) >= 11 is 0. The van der Waals surface area contributed by atoms with Gasteiger partial charge in [-0.1, -0.05) is 51.1 Å². The molecule has 4 heteroatoms. The van der Waals surface area contributed by atoms with Gasteiger partial charge in [0.15, 0.2) is 6.10 Å². The average molecular weight is 358 g/mol. The number of fused-ring (bicyclic) bond motifs is 3. The minimum absolute atomic E-state index is 0.00377. The third-order valence-corrected chi connectivity index (χ3v) is 7.57.